The van der Waals surface area contributed by atoms with Gasteiger partial charge in [-0.25, -0.2) is 14.8 Å². The molecule has 0 saturated heterocycles. The number of rotatable bonds is 6. The standard InChI is InChI=1S/C19H30N4O/c1-14(16-6-4-3-5-7-16)23(2)19(24)20-11-10-15-12-21-18(22-13-15)17-8-9-17/h12-14,16-17H,3-11H2,1-2H3,(H,20,24)/t14-/m1/s1. The number of carbonyl (C=O) groups excluding carboxylic acids is 1. The van der Waals surface area contributed by atoms with Crippen LogP contribution in [0, 0.1) is 5.92 Å². The normalized spacial score (nSPS) is 19.8. The third-order valence-corrected chi connectivity index (χ3v) is 5.62. The van der Waals surface area contributed by atoms with Crippen LogP contribution in [0.5, 0.6) is 0 Å². The van der Waals surface area contributed by atoms with Crippen LogP contribution >= 0.6 is 0 Å². The summed E-state index contributed by atoms with van der Waals surface area (Å²) in [6.45, 7) is 2.81. The zero-order chi connectivity index (χ0) is 16.9. The van der Waals surface area contributed by atoms with Crippen LogP contribution in [0.2, 0.25) is 0 Å². The number of aromatic nitrogens is 2. The SMILES string of the molecule is C[C@H](C1CCCCC1)N(C)C(=O)NCCc1cnc(C2CC2)nc1. The van der Waals surface area contributed by atoms with Crippen molar-refractivity contribution >= 4 is 6.03 Å². The molecule has 5 nitrogen and oxygen atoms in total. The molecule has 0 spiro atoms. The van der Waals surface area contributed by atoms with Crippen molar-refractivity contribution in [3.8, 4) is 0 Å². The van der Waals surface area contributed by atoms with Crippen LogP contribution in [-0.2, 0) is 6.42 Å². The third kappa shape index (κ3) is 4.46. The van der Waals surface area contributed by atoms with Gasteiger partial charge in [0.25, 0.3) is 0 Å². The number of urea groups is 1. The van der Waals surface area contributed by atoms with Gasteiger partial charge in [-0.3, -0.25) is 0 Å². The molecule has 2 aliphatic rings. The van der Waals surface area contributed by atoms with E-state index in [4.69, 9.17) is 0 Å². The minimum atomic E-state index is 0.0311. The summed E-state index contributed by atoms with van der Waals surface area (Å²) in [4.78, 5) is 23.1. The van der Waals surface area contributed by atoms with Gasteiger partial charge in [0.1, 0.15) is 5.82 Å². The number of amides is 2. The van der Waals surface area contributed by atoms with Gasteiger partial charge < -0.3 is 10.2 Å². The average molecular weight is 330 g/mol. The van der Waals surface area contributed by atoms with E-state index in [1.54, 1.807) is 0 Å². The summed E-state index contributed by atoms with van der Waals surface area (Å²) >= 11 is 0. The molecule has 24 heavy (non-hydrogen) atoms. The van der Waals surface area contributed by atoms with E-state index in [-0.39, 0.29) is 6.03 Å². The van der Waals surface area contributed by atoms with Crippen molar-refractivity contribution < 1.29 is 4.79 Å². The fourth-order valence-electron chi connectivity index (χ4n) is 3.60. The monoisotopic (exact) mass is 330 g/mol. The second-order valence-corrected chi connectivity index (χ2v) is 7.46. The Morgan fingerprint density at radius 3 is 2.50 bits per heavy atom. The first-order chi connectivity index (χ1) is 11.6. The van der Waals surface area contributed by atoms with Gasteiger partial charge in [0.05, 0.1) is 0 Å². The largest absolute Gasteiger partial charge is 0.338 e. The van der Waals surface area contributed by atoms with Crippen LogP contribution in [-0.4, -0.2) is 40.5 Å². The van der Waals surface area contributed by atoms with E-state index in [0.717, 1.165) is 17.8 Å². The van der Waals surface area contributed by atoms with Gasteiger partial charge >= 0.3 is 6.03 Å². The smallest absolute Gasteiger partial charge is 0.317 e. The van der Waals surface area contributed by atoms with Crippen molar-refractivity contribution in [3.05, 3.63) is 23.8 Å². The maximum atomic E-state index is 12.4. The highest BCUT2D eigenvalue weighted by atomic mass is 16.2. The Kier molecular flexibility index (Phi) is 5.69. The molecule has 3 rings (SSSR count). The Morgan fingerprint density at radius 2 is 1.88 bits per heavy atom. The minimum Gasteiger partial charge on any atom is -0.338 e. The number of nitrogens with zero attached hydrogens (tertiary/aromatic N) is 3. The maximum absolute atomic E-state index is 12.4. The third-order valence-electron chi connectivity index (χ3n) is 5.62. The second kappa shape index (κ2) is 7.95. The lowest BCUT2D eigenvalue weighted by Crippen LogP contribution is -2.46. The first-order valence-electron chi connectivity index (χ1n) is 9.46. The summed E-state index contributed by atoms with van der Waals surface area (Å²) in [5.74, 6) is 2.22. The lowest BCUT2D eigenvalue weighted by molar-refractivity contribution is 0.156. The van der Waals surface area contributed by atoms with Gasteiger partial charge in [-0.15, -0.1) is 0 Å². The summed E-state index contributed by atoms with van der Waals surface area (Å²) in [6, 6.07) is 0.343. The van der Waals surface area contributed by atoms with Crippen LogP contribution in [0.1, 0.15) is 69.2 Å². The summed E-state index contributed by atoms with van der Waals surface area (Å²) < 4.78 is 0. The molecule has 132 valence electrons. The van der Waals surface area contributed by atoms with Gasteiger partial charge in [0, 0.05) is 37.9 Å². The Balaban J connectivity index is 1.40. The van der Waals surface area contributed by atoms with E-state index in [1.165, 1.54) is 44.9 Å². The topological polar surface area (TPSA) is 58.1 Å². The van der Waals surface area contributed by atoms with Crippen LogP contribution in [0.25, 0.3) is 0 Å². The molecule has 5 heteroatoms. The minimum absolute atomic E-state index is 0.0311. The molecule has 0 unspecified atom stereocenters. The van der Waals surface area contributed by atoms with Crippen molar-refractivity contribution in [1.29, 1.82) is 0 Å². The number of hydrogen-bond acceptors (Lipinski definition) is 3. The van der Waals surface area contributed by atoms with Crippen LogP contribution in [0.15, 0.2) is 12.4 Å². The lowest BCUT2D eigenvalue weighted by atomic mass is 9.84. The molecule has 1 atom stereocenters. The van der Waals surface area contributed by atoms with E-state index in [2.05, 4.69) is 22.2 Å². The molecule has 0 aliphatic heterocycles. The molecular formula is C19H30N4O. The van der Waals surface area contributed by atoms with Crippen molar-refractivity contribution in [1.82, 2.24) is 20.2 Å². The Labute approximate surface area is 145 Å². The first-order valence-corrected chi connectivity index (χ1v) is 9.46. The average Bonchev–Trinajstić information content (AvgIpc) is 3.47. The van der Waals surface area contributed by atoms with Crippen LogP contribution in [0.4, 0.5) is 4.79 Å². The highest BCUT2D eigenvalue weighted by Crippen LogP contribution is 2.37. The van der Waals surface area contributed by atoms with Crippen molar-refractivity contribution in [3.63, 3.8) is 0 Å². The Morgan fingerprint density at radius 1 is 1.21 bits per heavy atom. The predicted octanol–water partition coefficient (Wildman–Crippen LogP) is 3.51. The lowest BCUT2D eigenvalue weighted by Gasteiger charge is -2.34. The molecular weight excluding hydrogens is 300 g/mol. The second-order valence-electron chi connectivity index (χ2n) is 7.46. The van der Waals surface area contributed by atoms with E-state index in [0.29, 0.717) is 24.4 Å². The zero-order valence-corrected chi connectivity index (χ0v) is 15.0. The van der Waals surface area contributed by atoms with Crippen molar-refractivity contribution in [2.45, 2.75) is 70.3 Å². The molecule has 0 bridgehead atoms. The molecule has 1 heterocycles. The molecule has 0 radical (unpaired) electrons. The molecule has 1 N–H and O–H groups in total. The highest BCUT2D eigenvalue weighted by molar-refractivity contribution is 5.74. The van der Waals surface area contributed by atoms with E-state index in [9.17, 15) is 4.79 Å². The Bertz CT molecular complexity index is 535. The van der Waals surface area contributed by atoms with E-state index in [1.807, 2.05) is 24.3 Å². The van der Waals surface area contributed by atoms with Crippen molar-refractivity contribution in [2.24, 2.45) is 5.92 Å². The van der Waals surface area contributed by atoms with Gasteiger partial charge in [-0.05, 0) is 50.5 Å². The number of carbonyl (C=O) groups is 1. The van der Waals surface area contributed by atoms with Gasteiger partial charge in [-0.1, -0.05) is 19.3 Å². The Hall–Kier alpha value is -1.65. The van der Waals surface area contributed by atoms with Crippen LogP contribution in [0.3, 0.4) is 0 Å². The summed E-state index contributed by atoms with van der Waals surface area (Å²) in [7, 11) is 1.92. The number of hydrogen-bond donors (Lipinski definition) is 1. The predicted molar refractivity (Wildman–Crippen MR) is 94.9 cm³/mol. The molecule has 1 aromatic heterocycles. The highest BCUT2D eigenvalue weighted by Gasteiger charge is 2.26. The zero-order valence-electron chi connectivity index (χ0n) is 15.0. The van der Waals surface area contributed by atoms with Crippen LogP contribution < -0.4 is 5.32 Å². The maximum Gasteiger partial charge on any atom is 0.317 e. The molecule has 2 aliphatic carbocycles. The summed E-state index contributed by atoms with van der Waals surface area (Å²) in [6.07, 6.45) is 13.5. The fraction of sp³-hybridized carbons (Fsp3) is 0.737. The first kappa shape index (κ1) is 17.2. The van der Waals surface area contributed by atoms with Gasteiger partial charge in [-0.2, -0.15) is 0 Å². The summed E-state index contributed by atoms with van der Waals surface area (Å²) in [5.41, 5.74) is 1.09. The summed E-state index contributed by atoms with van der Waals surface area (Å²) in [5, 5.41) is 3.03. The molecule has 0 aromatic carbocycles. The van der Waals surface area contributed by atoms with E-state index < -0.39 is 0 Å². The molecule has 2 amide bonds. The fourth-order valence-corrected chi connectivity index (χ4v) is 3.60. The van der Waals surface area contributed by atoms with Crippen molar-refractivity contribution in [2.75, 3.05) is 13.6 Å². The van der Waals surface area contributed by atoms with Gasteiger partial charge in [0.15, 0.2) is 0 Å². The quantitative estimate of drug-likeness (QED) is 0.868. The number of nitrogens with one attached hydrogen (secondary N) is 1. The van der Waals surface area contributed by atoms with E-state index >= 15 is 0 Å². The molecule has 1 aromatic rings. The molecule has 2 saturated carbocycles. The molecule has 2 fully saturated rings. The van der Waals surface area contributed by atoms with Gasteiger partial charge in [0.2, 0.25) is 0 Å².